The lowest BCUT2D eigenvalue weighted by atomic mass is 10.1. The number of hydrogen-bond acceptors (Lipinski definition) is 4. The monoisotopic (exact) mass is 254 g/mol. The number of esters is 1. The normalized spacial score (nSPS) is 10.7. The van der Waals surface area contributed by atoms with Gasteiger partial charge in [-0.15, -0.1) is 0 Å². The van der Waals surface area contributed by atoms with Crippen LogP contribution in [-0.4, -0.2) is 31.1 Å². The molecule has 1 aromatic carbocycles. The summed E-state index contributed by atoms with van der Waals surface area (Å²) in [5.41, 5.74) is 6.94. The molecule has 1 rings (SSSR count). The molecular formula is C13H19FN2O2. The van der Waals surface area contributed by atoms with E-state index in [2.05, 4.69) is 4.74 Å². The summed E-state index contributed by atoms with van der Waals surface area (Å²) < 4.78 is 18.2. The van der Waals surface area contributed by atoms with Gasteiger partial charge in [0.2, 0.25) is 0 Å². The first-order chi connectivity index (χ1) is 8.60. The maximum Gasteiger partial charge on any atom is 0.319 e. The van der Waals surface area contributed by atoms with E-state index in [-0.39, 0.29) is 18.3 Å². The van der Waals surface area contributed by atoms with Gasteiger partial charge in [0.25, 0.3) is 0 Å². The Morgan fingerprint density at radius 3 is 2.78 bits per heavy atom. The second-order valence-electron chi connectivity index (χ2n) is 4.01. The number of halogens is 1. The van der Waals surface area contributed by atoms with Crippen LogP contribution in [0.3, 0.4) is 0 Å². The van der Waals surface area contributed by atoms with Crippen LogP contribution < -0.4 is 5.73 Å². The molecule has 0 aromatic heterocycles. The first-order valence-corrected chi connectivity index (χ1v) is 5.87. The molecule has 5 heteroatoms. The fourth-order valence-electron chi connectivity index (χ4n) is 1.64. The Morgan fingerprint density at radius 2 is 2.22 bits per heavy atom. The molecule has 18 heavy (non-hydrogen) atoms. The number of likely N-dealkylation sites (N-methyl/N-ethyl adjacent to an activating group) is 1. The Kier molecular flexibility index (Phi) is 5.74. The number of nitrogens with zero attached hydrogens (tertiary/aromatic N) is 1. The van der Waals surface area contributed by atoms with Gasteiger partial charge in [0, 0.05) is 18.7 Å². The Hall–Kier alpha value is -1.46. The van der Waals surface area contributed by atoms with Crippen LogP contribution in [0.1, 0.15) is 18.1 Å². The number of carbonyl (C=O) groups is 1. The number of methoxy groups -OCH3 is 1. The van der Waals surface area contributed by atoms with Crippen molar-refractivity contribution in [3.63, 3.8) is 0 Å². The molecule has 0 bridgehead atoms. The van der Waals surface area contributed by atoms with Crippen LogP contribution in [0.25, 0.3) is 0 Å². The van der Waals surface area contributed by atoms with Gasteiger partial charge in [-0.3, -0.25) is 9.69 Å². The molecule has 0 amide bonds. The first-order valence-electron chi connectivity index (χ1n) is 5.87. The molecule has 1 aromatic rings. The minimum Gasteiger partial charge on any atom is -0.468 e. The Bertz CT molecular complexity index is 410. The van der Waals surface area contributed by atoms with E-state index in [4.69, 9.17) is 5.73 Å². The Labute approximate surface area is 107 Å². The van der Waals surface area contributed by atoms with Crippen molar-refractivity contribution < 1.29 is 13.9 Å². The van der Waals surface area contributed by atoms with E-state index >= 15 is 0 Å². The van der Waals surface area contributed by atoms with Gasteiger partial charge in [0.1, 0.15) is 5.82 Å². The van der Waals surface area contributed by atoms with Crippen LogP contribution in [-0.2, 0) is 22.6 Å². The van der Waals surface area contributed by atoms with Crippen LogP contribution in [0, 0.1) is 5.82 Å². The molecule has 2 N–H and O–H groups in total. The third kappa shape index (κ3) is 4.09. The molecule has 4 nitrogen and oxygen atoms in total. The van der Waals surface area contributed by atoms with E-state index < -0.39 is 0 Å². The zero-order valence-corrected chi connectivity index (χ0v) is 10.8. The molecule has 0 aliphatic carbocycles. The molecule has 0 saturated carbocycles. The van der Waals surface area contributed by atoms with Gasteiger partial charge >= 0.3 is 5.97 Å². The van der Waals surface area contributed by atoms with E-state index in [0.717, 1.165) is 5.56 Å². The van der Waals surface area contributed by atoms with E-state index in [0.29, 0.717) is 25.2 Å². The zero-order valence-electron chi connectivity index (χ0n) is 10.8. The number of carbonyl (C=O) groups excluding carboxylic acids is 1. The molecule has 0 spiro atoms. The highest BCUT2D eigenvalue weighted by Crippen LogP contribution is 2.13. The molecule has 0 unspecified atom stereocenters. The van der Waals surface area contributed by atoms with Crippen molar-refractivity contribution >= 4 is 5.97 Å². The summed E-state index contributed by atoms with van der Waals surface area (Å²) in [7, 11) is 1.34. The lowest BCUT2D eigenvalue weighted by Crippen LogP contribution is -2.30. The van der Waals surface area contributed by atoms with Crippen molar-refractivity contribution in [3.05, 3.63) is 35.1 Å². The molecule has 0 aliphatic rings. The summed E-state index contributed by atoms with van der Waals surface area (Å²) in [6.07, 6.45) is 0. The van der Waals surface area contributed by atoms with Crippen LogP contribution in [0.2, 0.25) is 0 Å². The zero-order chi connectivity index (χ0) is 13.5. The Balaban J connectivity index is 2.77. The van der Waals surface area contributed by atoms with Crippen molar-refractivity contribution in [3.8, 4) is 0 Å². The van der Waals surface area contributed by atoms with Gasteiger partial charge in [-0.1, -0.05) is 19.1 Å². The number of benzene rings is 1. The quantitative estimate of drug-likeness (QED) is 0.777. The average molecular weight is 254 g/mol. The molecule has 0 saturated heterocycles. The van der Waals surface area contributed by atoms with Gasteiger partial charge in [-0.05, 0) is 18.2 Å². The molecule has 0 radical (unpaired) electrons. The molecule has 0 heterocycles. The van der Waals surface area contributed by atoms with Crippen molar-refractivity contribution in [1.82, 2.24) is 4.90 Å². The van der Waals surface area contributed by atoms with Gasteiger partial charge in [-0.25, -0.2) is 4.39 Å². The fourth-order valence-corrected chi connectivity index (χ4v) is 1.64. The minimum atomic E-state index is -0.327. The van der Waals surface area contributed by atoms with Gasteiger partial charge in [0.05, 0.1) is 13.7 Å². The summed E-state index contributed by atoms with van der Waals surface area (Å²) >= 11 is 0. The predicted molar refractivity (Wildman–Crippen MR) is 67.3 cm³/mol. The van der Waals surface area contributed by atoms with E-state index in [1.165, 1.54) is 13.2 Å². The largest absolute Gasteiger partial charge is 0.468 e. The molecule has 0 fully saturated rings. The van der Waals surface area contributed by atoms with Crippen molar-refractivity contribution in [2.75, 3.05) is 20.2 Å². The summed E-state index contributed by atoms with van der Waals surface area (Å²) in [5, 5.41) is 0. The van der Waals surface area contributed by atoms with E-state index in [9.17, 15) is 9.18 Å². The van der Waals surface area contributed by atoms with Crippen molar-refractivity contribution in [2.24, 2.45) is 5.73 Å². The average Bonchev–Trinajstić information content (AvgIpc) is 2.39. The molecule has 0 aliphatic heterocycles. The standard InChI is InChI=1S/C13H19FN2O2/c1-3-16(9-13(17)18-2)8-11-6-10(7-15)4-5-12(11)14/h4-6H,3,7-9,15H2,1-2H3. The van der Waals surface area contributed by atoms with E-state index in [1.54, 1.807) is 12.1 Å². The number of ether oxygens (including phenoxy) is 1. The minimum absolute atomic E-state index is 0.152. The fraction of sp³-hybridized carbons (Fsp3) is 0.462. The highest BCUT2D eigenvalue weighted by molar-refractivity contribution is 5.71. The van der Waals surface area contributed by atoms with Crippen LogP contribution in [0.4, 0.5) is 4.39 Å². The lowest BCUT2D eigenvalue weighted by molar-refractivity contribution is -0.142. The van der Waals surface area contributed by atoms with Crippen LogP contribution in [0.15, 0.2) is 18.2 Å². The molecule has 0 atom stereocenters. The van der Waals surface area contributed by atoms with Gasteiger partial charge in [0.15, 0.2) is 0 Å². The lowest BCUT2D eigenvalue weighted by Gasteiger charge is -2.19. The third-order valence-electron chi connectivity index (χ3n) is 2.77. The van der Waals surface area contributed by atoms with Crippen molar-refractivity contribution in [1.29, 1.82) is 0 Å². The second kappa shape index (κ2) is 7.08. The highest BCUT2D eigenvalue weighted by Gasteiger charge is 2.12. The summed E-state index contributed by atoms with van der Waals surface area (Å²) in [4.78, 5) is 13.0. The SMILES string of the molecule is CCN(CC(=O)OC)Cc1cc(CN)ccc1F. The summed E-state index contributed by atoms with van der Waals surface area (Å²) in [5.74, 6) is -0.609. The van der Waals surface area contributed by atoms with Crippen LogP contribution in [0.5, 0.6) is 0 Å². The molecule has 100 valence electrons. The summed E-state index contributed by atoms with van der Waals surface area (Å²) in [6, 6.07) is 4.80. The summed E-state index contributed by atoms with van der Waals surface area (Å²) in [6.45, 7) is 3.44. The van der Waals surface area contributed by atoms with Gasteiger partial charge < -0.3 is 10.5 Å². The van der Waals surface area contributed by atoms with Crippen molar-refractivity contribution in [2.45, 2.75) is 20.0 Å². The van der Waals surface area contributed by atoms with Crippen LogP contribution >= 0.6 is 0 Å². The highest BCUT2D eigenvalue weighted by atomic mass is 19.1. The third-order valence-corrected chi connectivity index (χ3v) is 2.77. The molecular weight excluding hydrogens is 235 g/mol. The van der Waals surface area contributed by atoms with Gasteiger partial charge in [-0.2, -0.15) is 0 Å². The maximum atomic E-state index is 13.6. The topological polar surface area (TPSA) is 55.6 Å². The Morgan fingerprint density at radius 1 is 1.50 bits per heavy atom. The number of nitrogens with two attached hydrogens (primary N) is 1. The number of rotatable bonds is 6. The number of hydrogen-bond donors (Lipinski definition) is 1. The second-order valence-corrected chi connectivity index (χ2v) is 4.01. The van der Waals surface area contributed by atoms with E-state index in [1.807, 2.05) is 11.8 Å². The smallest absolute Gasteiger partial charge is 0.319 e. The maximum absolute atomic E-state index is 13.6. The first kappa shape index (κ1) is 14.6. The predicted octanol–water partition coefficient (Wildman–Crippen LogP) is 1.28.